The number of hydrogen-bond donors (Lipinski definition) is 1. The van der Waals surface area contributed by atoms with E-state index in [1.54, 1.807) is 0 Å². The zero-order valence-electron chi connectivity index (χ0n) is 11.2. The number of nitrogens with two attached hydrogens (primary N) is 1. The molecule has 0 fully saturated rings. The molecule has 0 atom stereocenters. The Balaban J connectivity index is 2.66. The first-order valence-corrected chi connectivity index (χ1v) is 6.61. The molecule has 0 saturated heterocycles. The zero-order chi connectivity index (χ0) is 18.2. The molecule has 2 aromatic rings. The van der Waals surface area contributed by atoms with Crippen LogP contribution in [0.25, 0.3) is 5.69 Å². The molecule has 1 aromatic heterocycles. The molecule has 2 rings (SSSR count). The van der Waals surface area contributed by atoms with Crippen LogP contribution >= 0.6 is 23.2 Å². The Bertz CT molecular complexity index is 805. The van der Waals surface area contributed by atoms with E-state index in [0.29, 0.717) is 4.68 Å². The maximum Gasteiger partial charge on any atom is 0.422 e. The molecule has 0 unspecified atom stereocenters. The van der Waals surface area contributed by atoms with Gasteiger partial charge in [-0.2, -0.15) is 32.3 Å². The van der Waals surface area contributed by atoms with Crippen molar-refractivity contribution in [3.63, 3.8) is 0 Å². The maximum atomic E-state index is 13.0. The summed E-state index contributed by atoms with van der Waals surface area (Å²) in [6, 6.07) is 3.06. The summed E-state index contributed by atoms with van der Waals surface area (Å²) in [5, 5.41) is 11.5. The third-order valence-corrected chi connectivity index (χ3v) is 3.31. The van der Waals surface area contributed by atoms with Gasteiger partial charge in [-0.3, -0.25) is 0 Å². The van der Waals surface area contributed by atoms with Crippen LogP contribution < -0.4 is 10.5 Å². The van der Waals surface area contributed by atoms with Crippen molar-refractivity contribution in [2.24, 2.45) is 0 Å². The van der Waals surface area contributed by atoms with Crippen molar-refractivity contribution >= 4 is 29.0 Å². The molecule has 0 spiro atoms. The molecule has 0 aliphatic heterocycles. The number of nitrogens with zero attached hydrogens (tertiary/aromatic N) is 3. The summed E-state index contributed by atoms with van der Waals surface area (Å²) in [5.74, 6) is -1.34. The van der Waals surface area contributed by atoms with Gasteiger partial charge in [0.15, 0.2) is 5.69 Å². The smallest absolute Gasteiger partial charge is 0.422 e. The molecule has 1 heterocycles. The van der Waals surface area contributed by atoms with E-state index < -0.39 is 35.6 Å². The van der Waals surface area contributed by atoms with E-state index in [0.717, 1.165) is 12.1 Å². The van der Waals surface area contributed by atoms with Crippen LogP contribution in [-0.4, -0.2) is 16.4 Å². The number of ether oxygens (including phenoxy) is 1. The van der Waals surface area contributed by atoms with E-state index in [-0.39, 0.29) is 15.7 Å². The van der Waals surface area contributed by atoms with Gasteiger partial charge >= 0.3 is 12.8 Å². The highest BCUT2D eigenvalue weighted by Gasteiger charge is 2.40. The SMILES string of the molecule is N#Cc1nn(-c2c(Cl)cc(OC(F)F)cc2Cl)c(N)c1C(F)(F)F. The fourth-order valence-electron chi connectivity index (χ4n) is 1.87. The van der Waals surface area contributed by atoms with Gasteiger partial charge in [0.05, 0.1) is 10.0 Å². The second kappa shape index (κ2) is 6.33. The Labute approximate surface area is 140 Å². The number of halogens is 7. The Morgan fingerprint density at radius 2 is 1.79 bits per heavy atom. The van der Waals surface area contributed by atoms with Gasteiger partial charge in [-0.1, -0.05) is 23.2 Å². The van der Waals surface area contributed by atoms with Crippen molar-refractivity contribution in [2.75, 3.05) is 5.73 Å². The van der Waals surface area contributed by atoms with Crippen molar-refractivity contribution in [2.45, 2.75) is 12.8 Å². The quantitative estimate of drug-likeness (QED) is 0.799. The van der Waals surface area contributed by atoms with Gasteiger partial charge < -0.3 is 10.5 Å². The number of rotatable bonds is 3. The van der Waals surface area contributed by atoms with Crippen LogP contribution in [-0.2, 0) is 6.18 Å². The topological polar surface area (TPSA) is 76.9 Å². The predicted molar refractivity (Wildman–Crippen MR) is 74.3 cm³/mol. The minimum absolute atomic E-state index is 0.315. The molecule has 1 aromatic carbocycles. The van der Waals surface area contributed by atoms with Gasteiger partial charge in [-0.05, 0) is 0 Å². The van der Waals surface area contributed by atoms with E-state index in [4.69, 9.17) is 34.2 Å². The van der Waals surface area contributed by atoms with Crippen molar-refractivity contribution in [3.05, 3.63) is 33.4 Å². The number of benzene rings is 1. The monoisotopic (exact) mass is 386 g/mol. The molecule has 5 nitrogen and oxygen atoms in total. The molecule has 0 bridgehead atoms. The molecule has 12 heteroatoms. The molecule has 128 valence electrons. The van der Waals surface area contributed by atoms with Crippen LogP contribution in [0.15, 0.2) is 12.1 Å². The number of anilines is 1. The maximum absolute atomic E-state index is 13.0. The number of hydrogen-bond acceptors (Lipinski definition) is 4. The van der Waals surface area contributed by atoms with Gasteiger partial charge in [-0.15, -0.1) is 0 Å². The largest absolute Gasteiger partial charge is 0.435 e. The fraction of sp³-hybridized carbons (Fsp3) is 0.167. The van der Waals surface area contributed by atoms with Crippen LogP contribution in [0.5, 0.6) is 5.75 Å². The second-order valence-corrected chi connectivity index (χ2v) is 5.06. The molecule has 0 radical (unpaired) electrons. The van der Waals surface area contributed by atoms with Gasteiger partial charge in [0.25, 0.3) is 0 Å². The fourth-order valence-corrected chi connectivity index (χ4v) is 2.50. The summed E-state index contributed by atoms with van der Waals surface area (Å²) >= 11 is 11.7. The average Bonchev–Trinajstić information content (AvgIpc) is 2.74. The molecule has 0 aliphatic rings. The van der Waals surface area contributed by atoms with Gasteiger partial charge in [0, 0.05) is 12.1 Å². The summed E-state index contributed by atoms with van der Waals surface area (Å²) in [6.07, 6.45) is -4.94. The highest BCUT2D eigenvalue weighted by atomic mass is 35.5. The van der Waals surface area contributed by atoms with E-state index in [1.807, 2.05) is 0 Å². The minimum atomic E-state index is -4.94. The molecule has 0 aliphatic carbocycles. The first-order chi connectivity index (χ1) is 11.1. The van der Waals surface area contributed by atoms with Gasteiger partial charge in [-0.25, -0.2) is 4.68 Å². The lowest BCUT2D eigenvalue weighted by Crippen LogP contribution is -2.11. The molecule has 2 N–H and O–H groups in total. The summed E-state index contributed by atoms with van der Waals surface area (Å²) in [5.41, 5.74) is 2.66. The number of aromatic nitrogens is 2. The second-order valence-electron chi connectivity index (χ2n) is 4.24. The summed E-state index contributed by atoms with van der Waals surface area (Å²) in [7, 11) is 0. The highest BCUT2D eigenvalue weighted by molar-refractivity contribution is 6.38. The van der Waals surface area contributed by atoms with Crippen LogP contribution in [0.4, 0.5) is 27.8 Å². The molecular formula is C12H5Cl2F5N4O. The van der Waals surface area contributed by atoms with Gasteiger partial charge in [0.1, 0.15) is 28.9 Å². The highest BCUT2D eigenvalue weighted by Crippen LogP contribution is 2.40. The third-order valence-electron chi connectivity index (χ3n) is 2.74. The van der Waals surface area contributed by atoms with E-state index in [1.165, 1.54) is 6.07 Å². The molecule has 24 heavy (non-hydrogen) atoms. The Morgan fingerprint density at radius 1 is 1.25 bits per heavy atom. The molecule has 0 saturated carbocycles. The van der Waals surface area contributed by atoms with Crippen molar-refractivity contribution < 1.29 is 26.7 Å². The van der Waals surface area contributed by atoms with E-state index in [2.05, 4.69) is 9.84 Å². The first-order valence-electron chi connectivity index (χ1n) is 5.86. The summed E-state index contributed by atoms with van der Waals surface area (Å²) < 4.78 is 68.0. The molecule has 0 amide bonds. The van der Waals surface area contributed by atoms with E-state index in [9.17, 15) is 22.0 Å². The van der Waals surface area contributed by atoms with Crippen LogP contribution in [0.1, 0.15) is 11.3 Å². The minimum Gasteiger partial charge on any atom is -0.435 e. The van der Waals surface area contributed by atoms with Crippen LogP contribution in [0, 0.1) is 11.3 Å². The lowest BCUT2D eigenvalue weighted by atomic mass is 10.2. The summed E-state index contributed by atoms with van der Waals surface area (Å²) in [6.45, 7) is -3.15. The van der Waals surface area contributed by atoms with Crippen molar-refractivity contribution in [1.82, 2.24) is 9.78 Å². The van der Waals surface area contributed by atoms with Crippen LogP contribution in [0.2, 0.25) is 10.0 Å². The normalized spacial score (nSPS) is 11.6. The lowest BCUT2D eigenvalue weighted by Gasteiger charge is -2.12. The number of alkyl halides is 5. The van der Waals surface area contributed by atoms with E-state index >= 15 is 0 Å². The van der Waals surface area contributed by atoms with Crippen molar-refractivity contribution in [3.8, 4) is 17.5 Å². The Morgan fingerprint density at radius 3 is 2.17 bits per heavy atom. The molecular weight excluding hydrogens is 382 g/mol. The average molecular weight is 387 g/mol. The summed E-state index contributed by atoms with van der Waals surface area (Å²) in [4.78, 5) is 0. The van der Waals surface area contributed by atoms with Crippen LogP contribution in [0.3, 0.4) is 0 Å². The third kappa shape index (κ3) is 3.32. The number of nitriles is 1. The number of nitrogen functional groups attached to an aromatic ring is 1. The Kier molecular flexibility index (Phi) is 4.77. The predicted octanol–water partition coefficient (Wildman–Crippen LogP) is 4.25. The zero-order valence-corrected chi connectivity index (χ0v) is 12.7. The van der Waals surface area contributed by atoms with Gasteiger partial charge in [0.2, 0.25) is 0 Å². The standard InChI is InChI=1S/C12H5Cl2F5N4O/c13-5-1-4(24-11(15)16)2-6(14)9(5)23-10(21)8(12(17,18)19)7(3-20)22-23/h1-2,11H,21H2. The van der Waals surface area contributed by atoms with Crippen molar-refractivity contribution in [1.29, 1.82) is 5.26 Å². The first kappa shape index (κ1) is 18.1. The Hall–Kier alpha value is -2.25. The lowest BCUT2D eigenvalue weighted by molar-refractivity contribution is -0.137.